The quantitative estimate of drug-likeness (QED) is 0.759. The van der Waals surface area contributed by atoms with Crippen LogP contribution in [-0.2, 0) is 0 Å². The Bertz CT molecular complexity index is 424. The number of aromatic amines is 1. The number of methoxy groups -OCH3 is 1. The summed E-state index contributed by atoms with van der Waals surface area (Å²) in [5, 5.41) is 16.3. The third-order valence-corrected chi connectivity index (χ3v) is 1.98. The van der Waals surface area contributed by atoms with Crippen LogP contribution >= 0.6 is 0 Å². The standard InChI is InChI=1S/C10H10N2O2/c1-14-7-2-3-8(10(13)6-7)9-4-5-11-12-9/h2-6,13H,1H3,(H,11,12). The fourth-order valence-corrected chi connectivity index (χ4v) is 1.27. The van der Waals surface area contributed by atoms with E-state index in [2.05, 4.69) is 10.2 Å². The van der Waals surface area contributed by atoms with Gasteiger partial charge in [0.1, 0.15) is 11.5 Å². The first-order chi connectivity index (χ1) is 6.81. The molecule has 4 nitrogen and oxygen atoms in total. The van der Waals surface area contributed by atoms with E-state index in [-0.39, 0.29) is 5.75 Å². The number of hydrogen-bond acceptors (Lipinski definition) is 3. The van der Waals surface area contributed by atoms with Crippen LogP contribution in [0.2, 0.25) is 0 Å². The average molecular weight is 190 g/mol. The second kappa shape index (κ2) is 3.41. The van der Waals surface area contributed by atoms with E-state index in [1.54, 1.807) is 37.6 Å². The van der Waals surface area contributed by atoms with Gasteiger partial charge in [0.15, 0.2) is 0 Å². The maximum Gasteiger partial charge on any atom is 0.128 e. The number of ether oxygens (including phenoxy) is 1. The topological polar surface area (TPSA) is 58.1 Å². The van der Waals surface area contributed by atoms with Crippen LogP contribution < -0.4 is 4.74 Å². The Kier molecular flexibility index (Phi) is 2.10. The molecule has 0 bridgehead atoms. The Balaban J connectivity index is 2.46. The van der Waals surface area contributed by atoms with Gasteiger partial charge in [0.05, 0.1) is 12.8 Å². The SMILES string of the molecule is COc1ccc(-c2cc[nH]n2)c(O)c1. The molecule has 0 saturated carbocycles. The molecule has 2 rings (SSSR count). The molecular weight excluding hydrogens is 180 g/mol. The number of nitrogens with one attached hydrogen (secondary N) is 1. The lowest BCUT2D eigenvalue weighted by atomic mass is 10.1. The summed E-state index contributed by atoms with van der Waals surface area (Å²) in [7, 11) is 1.56. The Hall–Kier alpha value is -1.97. The molecule has 0 amide bonds. The molecule has 2 aromatic rings. The summed E-state index contributed by atoms with van der Waals surface area (Å²) in [6, 6.07) is 6.90. The van der Waals surface area contributed by atoms with Gasteiger partial charge in [0, 0.05) is 17.8 Å². The molecule has 14 heavy (non-hydrogen) atoms. The van der Waals surface area contributed by atoms with E-state index < -0.39 is 0 Å². The molecular formula is C10H10N2O2. The van der Waals surface area contributed by atoms with Crippen molar-refractivity contribution in [3.8, 4) is 22.8 Å². The van der Waals surface area contributed by atoms with Crippen LogP contribution in [0.1, 0.15) is 0 Å². The van der Waals surface area contributed by atoms with E-state index in [1.165, 1.54) is 0 Å². The molecule has 72 valence electrons. The Morgan fingerprint density at radius 1 is 1.36 bits per heavy atom. The predicted octanol–water partition coefficient (Wildman–Crippen LogP) is 1.79. The number of aromatic nitrogens is 2. The fraction of sp³-hybridized carbons (Fsp3) is 0.100. The number of rotatable bonds is 2. The van der Waals surface area contributed by atoms with Crippen LogP contribution in [0.4, 0.5) is 0 Å². The minimum Gasteiger partial charge on any atom is -0.507 e. The third kappa shape index (κ3) is 1.42. The first kappa shape index (κ1) is 8.62. The van der Waals surface area contributed by atoms with Gasteiger partial charge >= 0.3 is 0 Å². The minimum atomic E-state index is 0.163. The second-order valence-electron chi connectivity index (χ2n) is 2.84. The van der Waals surface area contributed by atoms with Gasteiger partial charge in [0.2, 0.25) is 0 Å². The van der Waals surface area contributed by atoms with Crippen molar-refractivity contribution in [1.29, 1.82) is 0 Å². The summed E-state index contributed by atoms with van der Waals surface area (Å²) in [6.07, 6.45) is 1.71. The van der Waals surface area contributed by atoms with E-state index in [0.717, 1.165) is 0 Å². The molecule has 1 aromatic heterocycles. The zero-order valence-electron chi connectivity index (χ0n) is 7.69. The summed E-state index contributed by atoms with van der Waals surface area (Å²) in [4.78, 5) is 0. The van der Waals surface area contributed by atoms with Crippen molar-refractivity contribution >= 4 is 0 Å². The molecule has 2 N–H and O–H groups in total. The van der Waals surface area contributed by atoms with Crippen molar-refractivity contribution in [2.24, 2.45) is 0 Å². The van der Waals surface area contributed by atoms with E-state index in [9.17, 15) is 5.11 Å². The lowest BCUT2D eigenvalue weighted by molar-refractivity contribution is 0.408. The monoisotopic (exact) mass is 190 g/mol. The van der Waals surface area contributed by atoms with Crippen LogP contribution in [0.3, 0.4) is 0 Å². The van der Waals surface area contributed by atoms with Crippen molar-refractivity contribution in [2.45, 2.75) is 0 Å². The highest BCUT2D eigenvalue weighted by atomic mass is 16.5. The van der Waals surface area contributed by atoms with Crippen LogP contribution in [0.15, 0.2) is 30.5 Å². The van der Waals surface area contributed by atoms with E-state index in [1.807, 2.05) is 0 Å². The van der Waals surface area contributed by atoms with E-state index in [0.29, 0.717) is 17.0 Å². The molecule has 0 unspecified atom stereocenters. The highest BCUT2D eigenvalue weighted by Crippen LogP contribution is 2.30. The van der Waals surface area contributed by atoms with Gasteiger partial charge in [-0.3, -0.25) is 5.10 Å². The minimum absolute atomic E-state index is 0.163. The van der Waals surface area contributed by atoms with Crippen LogP contribution in [0, 0.1) is 0 Å². The predicted molar refractivity (Wildman–Crippen MR) is 52.2 cm³/mol. The molecule has 1 aromatic carbocycles. The highest BCUT2D eigenvalue weighted by molar-refractivity contribution is 5.67. The van der Waals surface area contributed by atoms with Crippen LogP contribution in [-0.4, -0.2) is 22.4 Å². The highest BCUT2D eigenvalue weighted by Gasteiger charge is 2.06. The summed E-state index contributed by atoms with van der Waals surface area (Å²) in [5.74, 6) is 0.790. The molecule has 0 saturated heterocycles. The Morgan fingerprint density at radius 3 is 2.79 bits per heavy atom. The molecule has 0 aliphatic heterocycles. The summed E-state index contributed by atoms with van der Waals surface area (Å²) < 4.78 is 4.98. The number of nitrogens with zero attached hydrogens (tertiary/aromatic N) is 1. The largest absolute Gasteiger partial charge is 0.507 e. The molecule has 0 aliphatic rings. The summed E-state index contributed by atoms with van der Waals surface area (Å²) in [5.41, 5.74) is 1.40. The maximum absolute atomic E-state index is 9.66. The van der Waals surface area contributed by atoms with Gasteiger partial charge < -0.3 is 9.84 Å². The lowest BCUT2D eigenvalue weighted by Crippen LogP contribution is -1.84. The Labute approximate surface area is 81.2 Å². The number of phenols is 1. The maximum atomic E-state index is 9.66. The lowest BCUT2D eigenvalue weighted by Gasteiger charge is -2.03. The molecule has 4 heteroatoms. The van der Waals surface area contributed by atoms with Crippen molar-refractivity contribution in [1.82, 2.24) is 10.2 Å². The van der Waals surface area contributed by atoms with Crippen LogP contribution in [0.5, 0.6) is 11.5 Å². The average Bonchev–Trinajstić information content (AvgIpc) is 2.70. The molecule has 0 spiro atoms. The molecule has 0 fully saturated rings. The first-order valence-electron chi connectivity index (χ1n) is 4.18. The molecule has 1 heterocycles. The van der Waals surface area contributed by atoms with Gasteiger partial charge in [-0.1, -0.05) is 0 Å². The van der Waals surface area contributed by atoms with Crippen molar-refractivity contribution in [3.63, 3.8) is 0 Å². The van der Waals surface area contributed by atoms with E-state index >= 15 is 0 Å². The summed E-state index contributed by atoms with van der Waals surface area (Å²) >= 11 is 0. The normalized spacial score (nSPS) is 10.1. The third-order valence-electron chi connectivity index (χ3n) is 1.98. The number of benzene rings is 1. The van der Waals surface area contributed by atoms with Gasteiger partial charge in [-0.15, -0.1) is 0 Å². The number of aromatic hydroxyl groups is 1. The zero-order valence-corrected chi connectivity index (χ0v) is 7.69. The number of H-pyrrole nitrogens is 1. The fourth-order valence-electron chi connectivity index (χ4n) is 1.27. The van der Waals surface area contributed by atoms with Crippen molar-refractivity contribution in [3.05, 3.63) is 30.5 Å². The van der Waals surface area contributed by atoms with Gasteiger partial charge in [0.25, 0.3) is 0 Å². The smallest absolute Gasteiger partial charge is 0.128 e. The molecule has 0 atom stereocenters. The van der Waals surface area contributed by atoms with E-state index in [4.69, 9.17) is 4.74 Å². The van der Waals surface area contributed by atoms with Crippen LogP contribution in [0.25, 0.3) is 11.3 Å². The first-order valence-corrected chi connectivity index (χ1v) is 4.18. The number of phenolic OH excluding ortho intramolecular Hbond substituents is 1. The van der Waals surface area contributed by atoms with Gasteiger partial charge in [-0.2, -0.15) is 5.10 Å². The van der Waals surface area contributed by atoms with Gasteiger partial charge in [-0.25, -0.2) is 0 Å². The number of hydrogen-bond donors (Lipinski definition) is 2. The second-order valence-corrected chi connectivity index (χ2v) is 2.84. The molecule has 0 radical (unpaired) electrons. The van der Waals surface area contributed by atoms with Gasteiger partial charge in [-0.05, 0) is 18.2 Å². The van der Waals surface area contributed by atoms with Crippen molar-refractivity contribution < 1.29 is 9.84 Å². The molecule has 0 aliphatic carbocycles. The summed E-state index contributed by atoms with van der Waals surface area (Å²) in [6.45, 7) is 0. The zero-order chi connectivity index (χ0) is 9.97. The Morgan fingerprint density at radius 2 is 2.21 bits per heavy atom. The van der Waals surface area contributed by atoms with Crippen molar-refractivity contribution in [2.75, 3.05) is 7.11 Å².